The zero-order valence-electron chi connectivity index (χ0n) is 17.4. The van der Waals surface area contributed by atoms with Crippen LogP contribution in [0, 0.1) is 0 Å². The molecule has 2 aromatic rings. The predicted octanol–water partition coefficient (Wildman–Crippen LogP) is 5.56. The molecule has 0 saturated carbocycles. The van der Waals surface area contributed by atoms with Crippen LogP contribution in [0.2, 0.25) is 5.02 Å². The fraction of sp³-hybridized carbons (Fsp3) is 0.435. The van der Waals surface area contributed by atoms with E-state index in [0.717, 1.165) is 16.7 Å². The average Bonchev–Trinajstić information content (AvgIpc) is 2.53. The van der Waals surface area contributed by atoms with Crippen LogP contribution < -0.4 is 5.32 Å². The molecule has 0 fully saturated rings. The molecule has 0 bridgehead atoms. The molecule has 28 heavy (non-hydrogen) atoms. The number of carboxylic acids is 1. The molecule has 0 radical (unpaired) electrons. The first kappa shape index (κ1) is 22.3. The third kappa shape index (κ3) is 5.27. The van der Waals surface area contributed by atoms with Crippen LogP contribution in [-0.4, -0.2) is 16.2 Å². The average molecular weight is 404 g/mol. The van der Waals surface area contributed by atoms with Crippen molar-refractivity contribution < 1.29 is 15.0 Å². The Bertz CT molecular complexity index is 828. The molecular weight excluding hydrogens is 374 g/mol. The number of carbonyl (C=O) groups is 1. The highest BCUT2D eigenvalue weighted by molar-refractivity contribution is 6.30. The summed E-state index contributed by atoms with van der Waals surface area (Å²) in [6.45, 7) is 12.4. The van der Waals surface area contributed by atoms with Gasteiger partial charge in [0, 0.05) is 11.6 Å². The van der Waals surface area contributed by atoms with E-state index >= 15 is 0 Å². The van der Waals surface area contributed by atoms with Crippen LogP contribution in [0.4, 0.5) is 0 Å². The van der Waals surface area contributed by atoms with Crippen LogP contribution >= 0.6 is 11.6 Å². The number of phenolic OH excluding ortho intramolecular Hbond substituents is 1. The van der Waals surface area contributed by atoms with Gasteiger partial charge in [-0.05, 0) is 57.3 Å². The summed E-state index contributed by atoms with van der Waals surface area (Å²) in [6, 6.07) is 10.0. The molecule has 152 valence electrons. The molecule has 2 rings (SSSR count). The zero-order valence-corrected chi connectivity index (χ0v) is 18.2. The molecule has 4 nitrogen and oxygen atoms in total. The molecule has 0 heterocycles. The second kappa shape index (κ2) is 8.14. The van der Waals surface area contributed by atoms with Crippen molar-refractivity contribution in [3.63, 3.8) is 0 Å². The molecule has 0 spiro atoms. The first-order valence-corrected chi connectivity index (χ1v) is 9.77. The van der Waals surface area contributed by atoms with Crippen molar-refractivity contribution in [1.82, 2.24) is 5.32 Å². The number of halogens is 1. The van der Waals surface area contributed by atoms with Gasteiger partial charge in [0.1, 0.15) is 11.8 Å². The largest absolute Gasteiger partial charge is 0.507 e. The minimum atomic E-state index is -0.965. The smallest absolute Gasteiger partial charge is 0.325 e. The van der Waals surface area contributed by atoms with Gasteiger partial charge < -0.3 is 10.2 Å². The molecule has 0 saturated heterocycles. The second-order valence-corrected chi connectivity index (χ2v) is 9.68. The third-order valence-electron chi connectivity index (χ3n) is 4.73. The number of carboxylic acid groups (broad SMARTS) is 1. The maximum absolute atomic E-state index is 12.0. The zero-order chi connectivity index (χ0) is 21.3. The second-order valence-electron chi connectivity index (χ2n) is 9.25. The Morgan fingerprint density at radius 2 is 1.57 bits per heavy atom. The van der Waals surface area contributed by atoms with Gasteiger partial charge in [-0.3, -0.25) is 10.1 Å². The van der Waals surface area contributed by atoms with Crippen LogP contribution in [0.3, 0.4) is 0 Å². The number of hydrogen-bond acceptors (Lipinski definition) is 3. The number of phenols is 1. The lowest BCUT2D eigenvalue weighted by atomic mass is 9.77. The summed E-state index contributed by atoms with van der Waals surface area (Å²) in [6.07, 6.45) is 0. The highest BCUT2D eigenvalue weighted by atomic mass is 35.5. The summed E-state index contributed by atoms with van der Waals surface area (Å²) in [5, 5.41) is 24.5. The first-order valence-electron chi connectivity index (χ1n) is 9.39. The van der Waals surface area contributed by atoms with Gasteiger partial charge in [0.05, 0.1) is 0 Å². The number of aliphatic carboxylic acids is 1. The van der Waals surface area contributed by atoms with Crippen molar-refractivity contribution >= 4 is 17.6 Å². The minimum Gasteiger partial charge on any atom is -0.507 e. The quantitative estimate of drug-likeness (QED) is 0.611. The molecule has 0 aliphatic rings. The summed E-state index contributed by atoms with van der Waals surface area (Å²) in [5.41, 5.74) is 2.37. The Morgan fingerprint density at radius 1 is 1.04 bits per heavy atom. The van der Waals surface area contributed by atoms with Crippen LogP contribution in [0.15, 0.2) is 36.4 Å². The summed E-state index contributed by atoms with van der Waals surface area (Å²) < 4.78 is 0. The van der Waals surface area contributed by atoms with Crippen molar-refractivity contribution in [2.75, 3.05) is 0 Å². The monoisotopic (exact) mass is 403 g/mol. The molecule has 1 atom stereocenters. The number of rotatable bonds is 5. The van der Waals surface area contributed by atoms with E-state index in [1.165, 1.54) is 0 Å². The third-order valence-corrected chi connectivity index (χ3v) is 4.96. The number of benzene rings is 2. The summed E-state index contributed by atoms with van der Waals surface area (Å²) >= 11 is 6.03. The normalized spacial score (nSPS) is 13.4. The van der Waals surface area contributed by atoms with Crippen molar-refractivity contribution in [3.8, 4) is 5.75 Å². The van der Waals surface area contributed by atoms with Crippen molar-refractivity contribution in [2.45, 2.75) is 65.0 Å². The van der Waals surface area contributed by atoms with Crippen LogP contribution in [0.5, 0.6) is 5.75 Å². The van der Waals surface area contributed by atoms with Crippen molar-refractivity contribution in [3.05, 3.63) is 63.7 Å². The molecule has 0 aromatic heterocycles. The van der Waals surface area contributed by atoms with E-state index in [-0.39, 0.29) is 16.6 Å². The fourth-order valence-corrected chi connectivity index (χ4v) is 3.39. The van der Waals surface area contributed by atoms with Gasteiger partial charge in [-0.25, -0.2) is 0 Å². The molecule has 2 aromatic carbocycles. The molecule has 0 aliphatic heterocycles. The Labute approximate surface area is 172 Å². The van der Waals surface area contributed by atoms with Gasteiger partial charge in [0.25, 0.3) is 0 Å². The van der Waals surface area contributed by atoms with Gasteiger partial charge in [-0.2, -0.15) is 0 Å². The number of nitrogens with one attached hydrogen (secondary N) is 1. The molecule has 3 N–H and O–H groups in total. The van der Waals surface area contributed by atoms with E-state index in [4.69, 9.17) is 11.6 Å². The molecule has 5 heteroatoms. The Balaban J connectivity index is 2.50. The summed E-state index contributed by atoms with van der Waals surface area (Å²) in [5.74, 6) is -0.727. The highest BCUT2D eigenvalue weighted by Crippen LogP contribution is 2.41. The van der Waals surface area contributed by atoms with E-state index in [0.29, 0.717) is 17.1 Å². The molecule has 0 amide bonds. The van der Waals surface area contributed by atoms with Crippen molar-refractivity contribution in [1.29, 1.82) is 0 Å². The standard InChI is InChI=1S/C23H30ClNO3/c1-22(2,3)17-11-15(12-18(20(17)26)23(4,5)6)19(21(27)28)25-13-14-8-7-9-16(24)10-14/h7-12,19,25-26H,13H2,1-6H3,(H,27,28). The van der Waals surface area contributed by atoms with E-state index in [9.17, 15) is 15.0 Å². The Morgan fingerprint density at radius 3 is 2.00 bits per heavy atom. The number of aromatic hydroxyl groups is 1. The van der Waals surface area contributed by atoms with Crippen molar-refractivity contribution in [2.24, 2.45) is 0 Å². The predicted molar refractivity (Wildman–Crippen MR) is 114 cm³/mol. The van der Waals surface area contributed by atoms with Crippen LogP contribution in [0.25, 0.3) is 0 Å². The Kier molecular flexibility index (Phi) is 6.47. The summed E-state index contributed by atoms with van der Waals surface area (Å²) in [7, 11) is 0. The topological polar surface area (TPSA) is 69.6 Å². The lowest BCUT2D eigenvalue weighted by Crippen LogP contribution is -2.29. The highest BCUT2D eigenvalue weighted by Gasteiger charge is 2.29. The van der Waals surface area contributed by atoms with E-state index in [1.54, 1.807) is 18.2 Å². The van der Waals surface area contributed by atoms with Crippen LogP contribution in [-0.2, 0) is 22.2 Å². The SMILES string of the molecule is CC(C)(C)c1cc(C(NCc2cccc(Cl)c2)C(=O)O)cc(C(C)(C)C)c1O. The lowest BCUT2D eigenvalue weighted by molar-refractivity contribution is -0.139. The van der Waals surface area contributed by atoms with Gasteiger partial charge >= 0.3 is 5.97 Å². The molecular formula is C23H30ClNO3. The van der Waals surface area contributed by atoms with Gasteiger partial charge in [-0.15, -0.1) is 0 Å². The minimum absolute atomic E-state index is 0.239. The maximum atomic E-state index is 12.0. The maximum Gasteiger partial charge on any atom is 0.325 e. The van der Waals surface area contributed by atoms with E-state index in [2.05, 4.69) is 5.32 Å². The number of hydrogen-bond donors (Lipinski definition) is 3. The first-order chi connectivity index (χ1) is 12.8. The van der Waals surface area contributed by atoms with E-state index < -0.39 is 12.0 Å². The van der Waals surface area contributed by atoms with Crippen LogP contribution in [0.1, 0.15) is 69.8 Å². The van der Waals surface area contributed by atoms with Gasteiger partial charge in [0.2, 0.25) is 0 Å². The van der Waals surface area contributed by atoms with Gasteiger partial charge in [0.15, 0.2) is 0 Å². The van der Waals surface area contributed by atoms with E-state index in [1.807, 2.05) is 59.7 Å². The Hall–Kier alpha value is -2.04. The fourth-order valence-electron chi connectivity index (χ4n) is 3.18. The molecule has 1 unspecified atom stereocenters. The summed E-state index contributed by atoms with van der Waals surface area (Å²) in [4.78, 5) is 12.0. The van der Waals surface area contributed by atoms with Gasteiger partial charge in [-0.1, -0.05) is 65.3 Å². The lowest BCUT2D eigenvalue weighted by Gasteiger charge is -2.29. The molecule has 0 aliphatic carbocycles.